The Bertz CT molecular complexity index is 400. The van der Waals surface area contributed by atoms with Gasteiger partial charge in [0.2, 0.25) is 0 Å². The Morgan fingerprint density at radius 1 is 1.38 bits per heavy atom. The van der Waals surface area contributed by atoms with E-state index in [0.717, 1.165) is 0 Å². The third-order valence-corrected chi connectivity index (χ3v) is 3.02. The van der Waals surface area contributed by atoms with E-state index in [4.69, 9.17) is 5.11 Å². The molecule has 4 heteroatoms. The summed E-state index contributed by atoms with van der Waals surface area (Å²) in [4.78, 5) is 10.8. The highest BCUT2D eigenvalue weighted by molar-refractivity contribution is 5.87. The van der Waals surface area contributed by atoms with Gasteiger partial charge in [-0.15, -0.1) is 0 Å². The first-order chi connectivity index (χ1) is 7.62. The number of halogens is 1. The Hall–Kier alpha value is -1.42. The average Bonchev–Trinajstić information content (AvgIpc) is 2.30. The second-order valence-corrected chi connectivity index (χ2v) is 4.10. The number of nitrogens with one attached hydrogen (secondary N) is 1. The lowest BCUT2D eigenvalue weighted by Gasteiger charge is -2.30. The van der Waals surface area contributed by atoms with Gasteiger partial charge < -0.3 is 10.4 Å². The minimum Gasteiger partial charge on any atom is -0.478 e. The number of aromatic carboxylic acids is 1. The Kier molecular flexibility index (Phi) is 2.92. The van der Waals surface area contributed by atoms with E-state index in [1.807, 2.05) is 0 Å². The average molecular weight is 223 g/mol. The molecule has 1 saturated heterocycles. The van der Waals surface area contributed by atoms with Crippen molar-refractivity contribution in [1.82, 2.24) is 5.32 Å². The fourth-order valence-electron chi connectivity index (χ4n) is 2.04. The number of alkyl halides is 1. The SMILES string of the molecule is O=C(O)c1cccc(C2(F)CCNCC2)c1. The van der Waals surface area contributed by atoms with E-state index in [0.29, 0.717) is 31.5 Å². The zero-order valence-electron chi connectivity index (χ0n) is 8.87. The van der Waals surface area contributed by atoms with Gasteiger partial charge in [0.05, 0.1) is 5.56 Å². The highest BCUT2D eigenvalue weighted by Crippen LogP contribution is 2.35. The van der Waals surface area contributed by atoms with Crippen LogP contribution in [0.25, 0.3) is 0 Å². The van der Waals surface area contributed by atoms with Crippen LogP contribution in [0, 0.1) is 0 Å². The molecule has 2 N–H and O–H groups in total. The number of carboxylic acids is 1. The number of hydrogen-bond acceptors (Lipinski definition) is 2. The van der Waals surface area contributed by atoms with Crippen molar-refractivity contribution in [1.29, 1.82) is 0 Å². The van der Waals surface area contributed by atoms with Crippen LogP contribution in [0.5, 0.6) is 0 Å². The smallest absolute Gasteiger partial charge is 0.335 e. The Morgan fingerprint density at radius 2 is 2.06 bits per heavy atom. The molecule has 1 heterocycles. The van der Waals surface area contributed by atoms with E-state index in [9.17, 15) is 9.18 Å². The van der Waals surface area contributed by atoms with Crippen molar-refractivity contribution in [2.24, 2.45) is 0 Å². The first-order valence-corrected chi connectivity index (χ1v) is 5.35. The van der Waals surface area contributed by atoms with Crippen molar-refractivity contribution in [3.63, 3.8) is 0 Å². The van der Waals surface area contributed by atoms with Gasteiger partial charge in [0.15, 0.2) is 0 Å². The minimum atomic E-state index is -1.38. The molecule has 0 unspecified atom stereocenters. The van der Waals surface area contributed by atoms with Gasteiger partial charge in [-0.3, -0.25) is 0 Å². The predicted molar refractivity (Wildman–Crippen MR) is 58.3 cm³/mol. The molecular weight excluding hydrogens is 209 g/mol. The number of benzene rings is 1. The largest absolute Gasteiger partial charge is 0.478 e. The van der Waals surface area contributed by atoms with Crippen molar-refractivity contribution in [2.45, 2.75) is 18.5 Å². The maximum absolute atomic E-state index is 14.5. The van der Waals surface area contributed by atoms with Gasteiger partial charge >= 0.3 is 5.97 Å². The van der Waals surface area contributed by atoms with Gasteiger partial charge in [-0.1, -0.05) is 12.1 Å². The van der Waals surface area contributed by atoms with Crippen LogP contribution in [0.4, 0.5) is 4.39 Å². The van der Waals surface area contributed by atoms with Crippen molar-refractivity contribution < 1.29 is 14.3 Å². The monoisotopic (exact) mass is 223 g/mol. The molecule has 0 aromatic heterocycles. The molecule has 1 aliphatic rings. The fraction of sp³-hybridized carbons (Fsp3) is 0.417. The van der Waals surface area contributed by atoms with E-state index < -0.39 is 11.6 Å². The number of carboxylic acid groups (broad SMARTS) is 1. The predicted octanol–water partition coefficient (Wildman–Crippen LogP) is 1.93. The Labute approximate surface area is 93.3 Å². The number of rotatable bonds is 2. The second kappa shape index (κ2) is 4.22. The quantitative estimate of drug-likeness (QED) is 0.805. The molecule has 1 fully saturated rings. The van der Waals surface area contributed by atoms with Crippen molar-refractivity contribution in [3.8, 4) is 0 Å². The summed E-state index contributed by atoms with van der Waals surface area (Å²) in [7, 11) is 0. The van der Waals surface area contributed by atoms with Crippen LogP contribution < -0.4 is 5.32 Å². The van der Waals surface area contributed by atoms with Crippen LogP contribution in [-0.2, 0) is 5.67 Å². The van der Waals surface area contributed by atoms with Gasteiger partial charge in [0.1, 0.15) is 5.67 Å². The van der Waals surface area contributed by atoms with Gasteiger partial charge in [-0.05, 0) is 43.6 Å². The van der Waals surface area contributed by atoms with Crippen LogP contribution in [0.2, 0.25) is 0 Å². The van der Waals surface area contributed by atoms with Gasteiger partial charge in [0.25, 0.3) is 0 Å². The molecular formula is C12H14FNO2. The molecule has 0 aliphatic carbocycles. The Balaban J connectivity index is 2.31. The highest BCUT2D eigenvalue weighted by Gasteiger charge is 2.33. The van der Waals surface area contributed by atoms with Gasteiger partial charge in [-0.25, -0.2) is 9.18 Å². The summed E-state index contributed by atoms with van der Waals surface area (Å²) in [5, 5.41) is 11.9. The van der Waals surface area contributed by atoms with Crippen LogP contribution in [0.3, 0.4) is 0 Å². The first-order valence-electron chi connectivity index (χ1n) is 5.35. The summed E-state index contributed by atoms with van der Waals surface area (Å²) in [6.07, 6.45) is 0.798. The summed E-state index contributed by atoms with van der Waals surface area (Å²) < 4.78 is 14.5. The second-order valence-electron chi connectivity index (χ2n) is 4.10. The lowest BCUT2D eigenvalue weighted by atomic mass is 9.86. The maximum Gasteiger partial charge on any atom is 0.335 e. The molecule has 0 saturated carbocycles. The van der Waals surface area contributed by atoms with Gasteiger partial charge in [-0.2, -0.15) is 0 Å². The molecule has 86 valence electrons. The molecule has 3 nitrogen and oxygen atoms in total. The zero-order chi connectivity index (χ0) is 11.6. The number of piperidine rings is 1. The van der Waals surface area contributed by atoms with E-state index in [-0.39, 0.29) is 5.56 Å². The van der Waals surface area contributed by atoms with Crippen molar-refractivity contribution in [2.75, 3.05) is 13.1 Å². The summed E-state index contributed by atoms with van der Waals surface area (Å²) in [6.45, 7) is 1.27. The molecule has 0 radical (unpaired) electrons. The Morgan fingerprint density at radius 3 is 2.69 bits per heavy atom. The van der Waals surface area contributed by atoms with Crippen LogP contribution in [0.15, 0.2) is 24.3 Å². The van der Waals surface area contributed by atoms with Crippen LogP contribution in [-0.4, -0.2) is 24.2 Å². The topological polar surface area (TPSA) is 49.3 Å². The number of hydrogen-bond donors (Lipinski definition) is 2. The van der Waals surface area contributed by atoms with E-state index in [1.54, 1.807) is 12.1 Å². The van der Waals surface area contributed by atoms with Crippen molar-refractivity contribution in [3.05, 3.63) is 35.4 Å². The summed E-state index contributed by atoms with van der Waals surface area (Å²) >= 11 is 0. The van der Waals surface area contributed by atoms with E-state index in [2.05, 4.69) is 5.32 Å². The summed E-state index contributed by atoms with van der Waals surface area (Å²) in [5.74, 6) is -1.01. The van der Waals surface area contributed by atoms with Crippen LogP contribution >= 0.6 is 0 Å². The molecule has 16 heavy (non-hydrogen) atoms. The third-order valence-electron chi connectivity index (χ3n) is 3.02. The molecule has 1 aromatic rings. The molecule has 0 spiro atoms. The normalized spacial score (nSPS) is 19.3. The van der Waals surface area contributed by atoms with E-state index >= 15 is 0 Å². The molecule has 2 rings (SSSR count). The van der Waals surface area contributed by atoms with Gasteiger partial charge in [0, 0.05) is 0 Å². The standard InChI is InChI=1S/C12H14FNO2/c13-12(4-6-14-7-5-12)10-3-1-2-9(8-10)11(15)16/h1-3,8,14H,4-7H2,(H,15,16). The molecule has 0 bridgehead atoms. The zero-order valence-corrected chi connectivity index (χ0v) is 8.87. The highest BCUT2D eigenvalue weighted by atomic mass is 19.1. The number of carbonyl (C=O) groups is 1. The first kappa shape index (κ1) is 11.1. The molecule has 0 atom stereocenters. The molecule has 1 aromatic carbocycles. The lowest BCUT2D eigenvalue weighted by molar-refractivity contribution is 0.0696. The molecule has 1 aliphatic heterocycles. The summed E-state index contributed by atoms with van der Waals surface area (Å²) in [5.41, 5.74) is -0.751. The third kappa shape index (κ3) is 2.07. The van der Waals surface area contributed by atoms with Crippen LogP contribution in [0.1, 0.15) is 28.8 Å². The van der Waals surface area contributed by atoms with Crippen molar-refractivity contribution >= 4 is 5.97 Å². The van der Waals surface area contributed by atoms with E-state index in [1.165, 1.54) is 12.1 Å². The minimum absolute atomic E-state index is 0.146. The summed E-state index contributed by atoms with van der Waals surface area (Å²) in [6, 6.07) is 6.18. The fourth-order valence-corrected chi connectivity index (χ4v) is 2.04. The maximum atomic E-state index is 14.5. The molecule has 0 amide bonds. The lowest BCUT2D eigenvalue weighted by Crippen LogP contribution is -2.36.